The van der Waals surface area contributed by atoms with Crippen molar-refractivity contribution in [3.8, 4) is 5.75 Å². The van der Waals surface area contributed by atoms with Crippen LogP contribution >= 0.6 is 0 Å². The molecule has 1 aliphatic heterocycles. The minimum Gasteiger partial charge on any atom is -0.488 e. The predicted octanol–water partition coefficient (Wildman–Crippen LogP) is 3.87. The van der Waals surface area contributed by atoms with Crippen LogP contribution in [0.25, 0.3) is 0 Å². The predicted molar refractivity (Wildman–Crippen MR) is 189 cm³/mol. The first kappa shape index (κ1) is 38.3. The fourth-order valence-electron chi connectivity index (χ4n) is 5.87. The van der Waals surface area contributed by atoms with Gasteiger partial charge in [0.2, 0.25) is 27.7 Å². The number of rotatable bonds is 14. The summed E-state index contributed by atoms with van der Waals surface area (Å²) < 4.78 is 39.8. The number of nitrogens with zero attached hydrogens (tertiary/aromatic N) is 3. The molecule has 3 atom stereocenters. The first-order valence-corrected chi connectivity index (χ1v) is 18.2. The summed E-state index contributed by atoms with van der Waals surface area (Å²) in [4.78, 5) is 40.2. The van der Waals surface area contributed by atoms with Gasteiger partial charge in [0, 0.05) is 43.6 Å². The van der Waals surface area contributed by atoms with Crippen LogP contribution in [0.15, 0.2) is 51.9 Å². The number of ether oxygens (including phenoxy) is 1. The monoisotopic (exact) mass is 712 g/mol. The maximum Gasteiger partial charge on any atom is 0.248 e. The molecular weight excluding hydrogens is 664 g/mol. The van der Waals surface area contributed by atoms with Crippen LogP contribution in [0, 0.1) is 19.8 Å². The molecule has 0 aliphatic carbocycles. The fraction of sp³-hybridized carbons (Fsp3) is 0.486. The van der Waals surface area contributed by atoms with E-state index in [4.69, 9.17) is 15.0 Å². The smallest absolute Gasteiger partial charge is 0.248 e. The Bertz CT molecular complexity index is 1760. The van der Waals surface area contributed by atoms with Crippen molar-refractivity contribution in [1.29, 1.82) is 0 Å². The number of anilines is 3. The van der Waals surface area contributed by atoms with E-state index in [2.05, 4.69) is 15.8 Å². The van der Waals surface area contributed by atoms with E-state index in [0.29, 0.717) is 54.1 Å². The zero-order valence-electron chi connectivity index (χ0n) is 29.3. The summed E-state index contributed by atoms with van der Waals surface area (Å²) >= 11 is 0. The van der Waals surface area contributed by atoms with Crippen LogP contribution in [-0.4, -0.2) is 84.5 Å². The van der Waals surface area contributed by atoms with Gasteiger partial charge in [-0.15, -0.1) is 0 Å². The van der Waals surface area contributed by atoms with Crippen molar-refractivity contribution >= 4 is 44.8 Å². The van der Waals surface area contributed by atoms with Gasteiger partial charge in [0.1, 0.15) is 22.4 Å². The Morgan fingerprint density at radius 1 is 1.10 bits per heavy atom. The zero-order valence-corrected chi connectivity index (χ0v) is 30.1. The molecule has 14 nitrogen and oxygen atoms in total. The largest absolute Gasteiger partial charge is 0.488 e. The first-order valence-electron chi connectivity index (χ1n) is 16.7. The Labute approximate surface area is 293 Å². The van der Waals surface area contributed by atoms with E-state index in [1.54, 1.807) is 61.2 Å². The van der Waals surface area contributed by atoms with Gasteiger partial charge in [-0.3, -0.25) is 14.4 Å². The third-order valence-electron chi connectivity index (χ3n) is 8.82. The topological polar surface area (TPSA) is 197 Å². The summed E-state index contributed by atoms with van der Waals surface area (Å²) in [5, 5.41) is 19.4. The van der Waals surface area contributed by atoms with E-state index in [1.165, 1.54) is 18.3 Å². The molecule has 272 valence electrons. The van der Waals surface area contributed by atoms with Crippen LogP contribution in [0.1, 0.15) is 63.0 Å². The molecule has 0 radical (unpaired) electrons. The summed E-state index contributed by atoms with van der Waals surface area (Å²) in [6, 6.07) is 11.6. The number of aliphatic hydroxyl groups is 1. The summed E-state index contributed by atoms with van der Waals surface area (Å²) in [7, 11) is -2.52. The molecule has 1 aliphatic rings. The van der Waals surface area contributed by atoms with Gasteiger partial charge in [0.25, 0.3) is 0 Å². The fourth-order valence-corrected chi connectivity index (χ4v) is 7.34. The van der Waals surface area contributed by atoms with E-state index in [0.717, 1.165) is 0 Å². The molecule has 0 bridgehead atoms. The van der Waals surface area contributed by atoms with Crippen LogP contribution in [0.2, 0.25) is 0 Å². The van der Waals surface area contributed by atoms with Gasteiger partial charge in [-0.2, -0.15) is 4.31 Å². The number of carbonyl (C=O) groups is 3. The number of para-hydroxylation sites is 2. The third-order valence-corrected chi connectivity index (χ3v) is 10.9. The molecule has 4 rings (SSSR count). The lowest BCUT2D eigenvalue weighted by atomic mass is 10.0. The second-order valence-corrected chi connectivity index (χ2v) is 14.9. The molecule has 2 heterocycles. The number of amides is 3. The molecule has 0 spiro atoms. The number of hydrogen-bond acceptors (Lipinski definition) is 10. The number of fused-ring (bicyclic) bond motifs is 1. The minimum absolute atomic E-state index is 0.00127. The summed E-state index contributed by atoms with van der Waals surface area (Å²) in [6.45, 7) is 6.66. The molecule has 0 saturated carbocycles. The highest BCUT2D eigenvalue weighted by molar-refractivity contribution is 7.89. The van der Waals surface area contributed by atoms with Gasteiger partial charge in [-0.05, 0) is 63.9 Å². The quantitative estimate of drug-likeness (QED) is 0.141. The molecule has 5 N–H and O–H groups in total. The average Bonchev–Trinajstić information content (AvgIpc) is 3.43. The number of nitrogen functional groups attached to an aromatic ring is 1. The van der Waals surface area contributed by atoms with E-state index >= 15 is 0 Å². The van der Waals surface area contributed by atoms with E-state index in [9.17, 15) is 27.9 Å². The first-order chi connectivity index (χ1) is 23.7. The number of hydrogen-bond donors (Lipinski definition) is 4. The van der Waals surface area contributed by atoms with Gasteiger partial charge in [0.05, 0.1) is 37.0 Å². The lowest BCUT2D eigenvalue weighted by molar-refractivity contribution is -0.134. The molecule has 3 aromatic rings. The Hall–Kier alpha value is -4.47. The van der Waals surface area contributed by atoms with Crippen LogP contribution in [-0.2, 0) is 30.8 Å². The number of aryl methyl sites for hydroxylation is 2. The second kappa shape index (κ2) is 17.0. The van der Waals surface area contributed by atoms with Gasteiger partial charge in [0.15, 0.2) is 5.76 Å². The van der Waals surface area contributed by atoms with E-state index < -0.39 is 22.2 Å². The second-order valence-electron chi connectivity index (χ2n) is 12.9. The van der Waals surface area contributed by atoms with Gasteiger partial charge < -0.3 is 35.6 Å². The zero-order chi connectivity index (χ0) is 36.6. The van der Waals surface area contributed by atoms with Crippen LogP contribution in [0.5, 0.6) is 5.75 Å². The molecule has 3 amide bonds. The molecule has 0 fully saturated rings. The standard InChI is InChI=1S/C35H48N6O8S/c1-22-19-41(23(2)21-42)34(45)18-26-17-27(37-32(43)13-7-6-8-14-33(44)38-29-12-10-9-11-28(29)36)15-16-30(26)48-31(22)20-40(5)50(46,47)35-24(3)39-49-25(35)4/h9-12,15-17,22-23,31,42H,6-8,13-14,18-21,36H2,1-5H3,(H,37,43)(H,38,44)/t22-,23-,31+/m0/s1. The van der Waals surface area contributed by atoms with Crippen molar-refractivity contribution < 1.29 is 37.2 Å². The lowest BCUT2D eigenvalue weighted by Crippen LogP contribution is -2.48. The number of nitrogens with two attached hydrogens (primary N) is 1. The Morgan fingerprint density at radius 3 is 2.42 bits per heavy atom. The van der Waals surface area contributed by atoms with E-state index in [-0.39, 0.29) is 72.5 Å². The van der Waals surface area contributed by atoms with E-state index in [1.807, 2.05) is 6.92 Å². The summed E-state index contributed by atoms with van der Waals surface area (Å²) in [5.41, 5.74) is 8.20. The van der Waals surface area contributed by atoms with Crippen molar-refractivity contribution in [2.75, 3.05) is 43.1 Å². The summed E-state index contributed by atoms with van der Waals surface area (Å²) in [5.74, 6) is -0.340. The number of aromatic nitrogens is 1. The number of likely N-dealkylation sites (N-methyl/N-ethyl adjacent to an activating group) is 1. The molecule has 0 unspecified atom stereocenters. The maximum atomic E-state index is 13.6. The SMILES string of the molecule is Cc1noc(C)c1S(=O)(=O)N(C)C[C@H]1Oc2ccc(NC(=O)CCCCCC(=O)Nc3ccccc3N)cc2CC(=O)N([C@@H](C)CO)C[C@@H]1C. The molecule has 0 saturated heterocycles. The number of benzene rings is 2. The van der Waals surface area contributed by atoms with Crippen LogP contribution < -0.4 is 21.1 Å². The number of sulfonamides is 1. The Kier molecular flexibility index (Phi) is 13.0. The average molecular weight is 713 g/mol. The highest BCUT2D eigenvalue weighted by atomic mass is 32.2. The van der Waals surface area contributed by atoms with Gasteiger partial charge in [-0.25, -0.2) is 8.42 Å². The molecule has 1 aromatic heterocycles. The van der Waals surface area contributed by atoms with Crippen molar-refractivity contribution in [3.63, 3.8) is 0 Å². The van der Waals surface area contributed by atoms with Crippen molar-refractivity contribution in [2.24, 2.45) is 5.92 Å². The minimum atomic E-state index is -3.98. The van der Waals surface area contributed by atoms with Crippen molar-refractivity contribution in [3.05, 3.63) is 59.5 Å². The molecule has 50 heavy (non-hydrogen) atoms. The van der Waals surface area contributed by atoms with Crippen molar-refractivity contribution in [2.45, 2.75) is 83.3 Å². The molecular formula is C35H48N6O8S. The number of carbonyl (C=O) groups excluding carboxylic acids is 3. The lowest BCUT2D eigenvalue weighted by Gasteiger charge is -2.33. The molecule has 2 aromatic carbocycles. The Morgan fingerprint density at radius 2 is 1.78 bits per heavy atom. The third kappa shape index (κ3) is 9.61. The molecule has 15 heteroatoms. The van der Waals surface area contributed by atoms with Crippen LogP contribution in [0.3, 0.4) is 0 Å². The highest BCUT2D eigenvalue weighted by Crippen LogP contribution is 2.31. The van der Waals surface area contributed by atoms with Crippen LogP contribution in [0.4, 0.5) is 17.1 Å². The van der Waals surface area contributed by atoms with Crippen molar-refractivity contribution in [1.82, 2.24) is 14.4 Å². The number of nitrogens with one attached hydrogen (secondary N) is 2. The Balaban J connectivity index is 1.42. The maximum absolute atomic E-state index is 13.6. The van der Waals surface area contributed by atoms with Gasteiger partial charge in [-0.1, -0.05) is 30.6 Å². The normalized spacial score (nSPS) is 17.3. The number of unbranched alkanes of at least 4 members (excludes halogenated alkanes) is 2. The highest BCUT2D eigenvalue weighted by Gasteiger charge is 2.35. The number of aliphatic hydroxyl groups excluding tert-OH is 1. The van der Waals surface area contributed by atoms with Gasteiger partial charge >= 0.3 is 0 Å². The summed E-state index contributed by atoms with van der Waals surface area (Å²) in [6.07, 6.45) is 1.69.